The second kappa shape index (κ2) is 5.59. The molecule has 1 aromatic heterocycles. The van der Waals surface area contributed by atoms with Gasteiger partial charge in [0.1, 0.15) is 0 Å². The molecule has 0 fully saturated rings. The Morgan fingerprint density at radius 2 is 2.12 bits per heavy atom. The van der Waals surface area contributed by atoms with E-state index in [2.05, 4.69) is 50.2 Å². The molecule has 0 saturated carbocycles. The Hall–Kier alpha value is -0.950. The number of thiazole rings is 1. The van der Waals surface area contributed by atoms with Gasteiger partial charge in [-0.1, -0.05) is 18.2 Å². The summed E-state index contributed by atoms with van der Waals surface area (Å²) in [5.74, 6) is 0. The summed E-state index contributed by atoms with van der Waals surface area (Å²) in [4.78, 5) is 5.10. The van der Waals surface area contributed by atoms with E-state index in [1.54, 1.807) is 18.4 Å². The van der Waals surface area contributed by atoms with E-state index < -0.39 is 0 Å². The largest absolute Gasteiger partial charge is 0.261 e. The summed E-state index contributed by atoms with van der Waals surface area (Å²) in [5.41, 5.74) is 2.21. The van der Waals surface area contributed by atoms with Crippen molar-refractivity contribution in [1.29, 1.82) is 0 Å². The van der Waals surface area contributed by atoms with Crippen molar-refractivity contribution in [3.8, 4) is 0 Å². The smallest absolute Gasteiger partial charge is 0.205 e. The van der Waals surface area contributed by atoms with Gasteiger partial charge in [-0.3, -0.25) is 4.99 Å². The lowest BCUT2D eigenvalue weighted by Crippen LogP contribution is -2.11. The Morgan fingerprint density at radius 3 is 2.82 bits per heavy atom. The molecule has 1 heterocycles. The van der Waals surface area contributed by atoms with E-state index in [-0.39, 0.29) is 0 Å². The van der Waals surface area contributed by atoms with E-state index in [9.17, 15) is 0 Å². The van der Waals surface area contributed by atoms with Crippen LogP contribution in [0.15, 0.2) is 39.7 Å². The van der Waals surface area contributed by atoms with E-state index in [0.717, 1.165) is 16.1 Å². The number of benzene rings is 1. The molecule has 0 aliphatic carbocycles. The lowest BCUT2D eigenvalue weighted by atomic mass is 10.2. The van der Waals surface area contributed by atoms with Gasteiger partial charge in [-0.25, -0.2) is 4.68 Å². The Kier molecular flexibility index (Phi) is 4.11. The molecule has 0 aliphatic heterocycles. The SMILES string of the molecule is CN=c1scc(C)n1/N=C\c1ccccc1I. The predicted octanol–water partition coefficient (Wildman–Crippen LogP) is 2.88. The highest BCUT2D eigenvalue weighted by atomic mass is 127. The van der Waals surface area contributed by atoms with Crippen molar-refractivity contribution < 1.29 is 0 Å². The normalized spacial score (nSPS) is 12.5. The Labute approximate surface area is 118 Å². The summed E-state index contributed by atoms with van der Waals surface area (Å²) < 4.78 is 3.05. The van der Waals surface area contributed by atoms with Crippen LogP contribution in [0.1, 0.15) is 11.3 Å². The van der Waals surface area contributed by atoms with Crippen LogP contribution in [0.3, 0.4) is 0 Å². The van der Waals surface area contributed by atoms with Crippen LogP contribution in [0.5, 0.6) is 0 Å². The highest BCUT2D eigenvalue weighted by Gasteiger charge is 1.98. The maximum absolute atomic E-state index is 4.47. The second-order valence-electron chi connectivity index (χ2n) is 3.46. The third-order valence-corrected chi connectivity index (χ3v) is 4.27. The summed E-state index contributed by atoms with van der Waals surface area (Å²) in [7, 11) is 1.78. The van der Waals surface area contributed by atoms with E-state index >= 15 is 0 Å². The third-order valence-electron chi connectivity index (χ3n) is 2.26. The summed E-state index contributed by atoms with van der Waals surface area (Å²) in [6, 6.07) is 8.16. The fourth-order valence-electron chi connectivity index (χ4n) is 1.38. The van der Waals surface area contributed by atoms with Gasteiger partial charge >= 0.3 is 0 Å². The Morgan fingerprint density at radius 1 is 1.35 bits per heavy atom. The summed E-state index contributed by atoms with van der Waals surface area (Å²) in [5, 5.41) is 6.52. The van der Waals surface area contributed by atoms with E-state index in [4.69, 9.17) is 0 Å². The second-order valence-corrected chi connectivity index (χ2v) is 5.46. The van der Waals surface area contributed by atoms with Gasteiger partial charge in [0, 0.05) is 21.6 Å². The van der Waals surface area contributed by atoms with Gasteiger partial charge in [0.2, 0.25) is 4.80 Å². The van der Waals surface area contributed by atoms with Crippen molar-refractivity contribution >= 4 is 40.1 Å². The van der Waals surface area contributed by atoms with Gasteiger partial charge in [-0.05, 0) is 35.6 Å². The molecule has 0 saturated heterocycles. The standard InChI is InChI=1S/C12H12IN3S/c1-9-8-17-12(14-2)16(9)15-7-10-5-3-4-6-11(10)13/h3-8H,1-2H3/b14-12?,15-7-. The minimum atomic E-state index is 0.907. The molecule has 17 heavy (non-hydrogen) atoms. The molecular weight excluding hydrogens is 345 g/mol. The van der Waals surface area contributed by atoms with Crippen molar-refractivity contribution in [1.82, 2.24) is 4.68 Å². The average molecular weight is 357 g/mol. The average Bonchev–Trinajstić information content (AvgIpc) is 2.69. The van der Waals surface area contributed by atoms with Crippen molar-refractivity contribution in [2.45, 2.75) is 6.92 Å². The molecule has 0 radical (unpaired) electrons. The highest BCUT2D eigenvalue weighted by molar-refractivity contribution is 14.1. The first kappa shape index (κ1) is 12.5. The van der Waals surface area contributed by atoms with Crippen molar-refractivity contribution in [3.63, 3.8) is 0 Å². The fraction of sp³-hybridized carbons (Fsp3) is 0.167. The van der Waals surface area contributed by atoms with Crippen molar-refractivity contribution in [2.75, 3.05) is 7.05 Å². The lowest BCUT2D eigenvalue weighted by Gasteiger charge is -1.99. The van der Waals surface area contributed by atoms with E-state index in [1.807, 2.05) is 29.9 Å². The molecular formula is C12H12IN3S. The molecule has 5 heteroatoms. The number of nitrogens with zero attached hydrogens (tertiary/aromatic N) is 3. The first-order valence-corrected chi connectivity index (χ1v) is 7.07. The van der Waals surface area contributed by atoms with Crippen LogP contribution in [-0.4, -0.2) is 17.9 Å². The zero-order chi connectivity index (χ0) is 12.3. The maximum Gasteiger partial charge on any atom is 0.205 e. The first-order valence-electron chi connectivity index (χ1n) is 5.11. The molecule has 88 valence electrons. The molecule has 0 amide bonds. The zero-order valence-electron chi connectivity index (χ0n) is 9.59. The van der Waals surface area contributed by atoms with Crippen LogP contribution >= 0.6 is 33.9 Å². The molecule has 0 unspecified atom stereocenters. The molecule has 2 rings (SSSR count). The highest BCUT2D eigenvalue weighted by Crippen LogP contribution is 2.09. The third kappa shape index (κ3) is 2.84. The Bertz CT molecular complexity index is 610. The van der Waals surface area contributed by atoms with Crippen LogP contribution in [-0.2, 0) is 0 Å². The number of hydrogen-bond acceptors (Lipinski definition) is 3. The van der Waals surface area contributed by atoms with E-state index in [1.165, 1.54) is 3.57 Å². The van der Waals surface area contributed by atoms with Gasteiger partial charge in [0.05, 0.1) is 11.9 Å². The first-order chi connectivity index (χ1) is 8.22. The zero-order valence-corrected chi connectivity index (χ0v) is 12.6. The van der Waals surface area contributed by atoms with Gasteiger partial charge in [0.25, 0.3) is 0 Å². The molecule has 0 bridgehead atoms. The molecule has 0 N–H and O–H groups in total. The van der Waals surface area contributed by atoms with Crippen LogP contribution < -0.4 is 4.80 Å². The van der Waals surface area contributed by atoms with Gasteiger partial charge in [0.15, 0.2) is 0 Å². The number of hydrogen-bond donors (Lipinski definition) is 0. The summed E-state index contributed by atoms with van der Waals surface area (Å²) in [6.45, 7) is 2.03. The van der Waals surface area contributed by atoms with Crippen molar-refractivity contribution in [3.05, 3.63) is 49.3 Å². The quantitative estimate of drug-likeness (QED) is 0.585. The van der Waals surface area contributed by atoms with Crippen molar-refractivity contribution in [2.24, 2.45) is 10.1 Å². The molecule has 0 spiro atoms. The lowest BCUT2D eigenvalue weighted by molar-refractivity contribution is 0.805. The van der Waals surface area contributed by atoms with Gasteiger partial charge < -0.3 is 0 Å². The number of aromatic nitrogens is 1. The predicted molar refractivity (Wildman–Crippen MR) is 80.7 cm³/mol. The number of rotatable bonds is 2. The summed E-state index contributed by atoms with van der Waals surface area (Å²) >= 11 is 3.90. The topological polar surface area (TPSA) is 29.6 Å². The maximum atomic E-state index is 4.47. The molecule has 1 aromatic carbocycles. The molecule has 2 aromatic rings. The summed E-state index contributed by atoms with van der Waals surface area (Å²) in [6.07, 6.45) is 1.87. The van der Waals surface area contributed by atoms with Crippen LogP contribution in [0.4, 0.5) is 0 Å². The minimum Gasteiger partial charge on any atom is -0.261 e. The minimum absolute atomic E-state index is 0.907. The van der Waals surface area contributed by atoms with Crippen LogP contribution in [0.25, 0.3) is 0 Å². The number of aryl methyl sites for hydroxylation is 1. The monoisotopic (exact) mass is 357 g/mol. The van der Waals surface area contributed by atoms with Gasteiger partial charge in [-0.15, -0.1) is 11.3 Å². The van der Waals surface area contributed by atoms with E-state index in [0.29, 0.717) is 0 Å². The molecule has 0 atom stereocenters. The molecule has 0 aliphatic rings. The van der Waals surface area contributed by atoms with Gasteiger partial charge in [-0.2, -0.15) is 5.10 Å². The Balaban J connectivity index is 2.39. The van der Waals surface area contributed by atoms with Crippen LogP contribution in [0.2, 0.25) is 0 Å². The van der Waals surface area contributed by atoms with Crippen LogP contribution in [0, 0.1) is 10.5 Å². The fourth-order valence-corrected chi connectivity index (χ4v) is 2.68. The molecule has 3 nitrogen and oxygen atoms in total. The number of halogens is 1.